The lowest BCUT2D eigenvalue weighted by molar-refractivity contribution is 0.0773. The van der Waals surface area contributed by atoms with Gasteiger partial charge in [-0.3, -0.25) is 0 Å². The zero-order chi connectivity index (χ0) is 13.8. The molecule has 2 amide bonds. The van der Waals surface area contributed by atoms with Crippen LogP contribution in [0.3, 0.4) is 0 Å². The van der Waals surface area contributed by atoms with Crippen molar-refractivity contribution >= 4 is 17.8 Å². The highest BCUT2D eigenvalue weighted by atomic mass is 32.2. The molecule has 1 aliphatic rings. The molecular formula is C13H26N2O2S. The van der Waals surface area contributed by atoms with Crippen LogP contribution in [-0.2, 0) is 0 Å². The molecule has 2 N–H and O–H groups in total. The first-order valence-electron chi connectivity index (χ1n) is 6.65. The van der Waals surface area contributed by atoms with E-state index in [-0.39, 0.29) is 6.03 Å². The number of piperidine rings is 1. The van der Waals surface area contributed by atoms with Crippen molar-refractivity contribution in [1.29, 1.82) is 0 Å². The van der Waals surface area contributed by atoms with E-state index in [9.17, 15) is 9.90 Å². The second-order valence-electron chi connectivity index (χ2n) is 5.62. The third kappa shape index (κ3) is 4.35. The Morgan fingerprint density at radius 1 is 1.44 bits per heavy atom. The number of amides is 2. The normalized spacial score (nSPS) is 27.7. The number of nitrogens with zero attached hydrogens (tertiary/aromatic N) is 1. The van der Waals surface area contributed by atoms with Crippen LogP contribution >= 0.6 is 11.8 Å². The highest BCUT2D eigenvalue weighted by Gasteiger charge is 2.30. The molecule has 3 unspecified atom stereocenters. The summed E-state index contributed by atoms with van der Waals surface area (Å²) in [5.74, 6) is 0.623. The van der Waals surface area contributed by atoms with Gasteiger partial charge in [-0.05, 0) is 46.3 Å². The third-order valence-electron chi connectivity index (χ3n) is 3.50. The number of hydrogen-bond acceptors (Lipinski definition) is 3. The molecule has 1 aliphatic heterocycles. The molecular weight excluding hydrogens is 248 g/mol. The number of urea groups is 1. The summed E-state index contributed by atoms with van der Waals surface area (Å²) in [6.45, 7) is 6.25. The predicted octanol–water partition coefficient (Wildman–Crippen LogP) is 2.07. The Labute approximate surface area is 115 Å². The summed E-state index contributed by atoms with van der Waals surface area (Å²) in [4.78, 5) is 14.1. The Bertz CT molecular complexity index is 274. The fraction of sp³-hybridized carbons (Fsp3) is 0.923. The minimum Gasteiger partial charge on any atom is -0.387 e. The van der Waals surface area contributed by atoms with Crippen LogP contribution in [-0.4, -0.2) is 52.3 Å². The highest BCUT2D eigenvalue weighted by Crippen LogP contribution is 2.22. The molecule has 5 heteroatoms. The Morgan fingerprint density at radius 2 is 2.00 bits per heavy atom. The van der Waals surface area contributed by atoms with Gasteiger partial charge in [0, 0.05) is 24.4 Å². The number of rotatable bonds is 4. The van der Waals surface area contributed by atoms with Gasteiger partial charge in [-0.25, -0.2) is 4.79 Å². The molecule has 0 aromatic rings. The molecule has 1 rings (SSSR count). The van der Waals surface area contributed by atoms with Crippen molar-refractivity contribution < 1.29 is 9.90 Å². The van der Waals surface area contributed by atoms with Crippen LogP contribution in [0.15, 0.2) is 0 Å². The quantitative estimate of drug-likeness (QED) is 0.825. The van der Waals surface area contributed by atoms with Crippen molar-refractivity contribution in [2.45, 2.75) is 57.7 Å². The first kappa shape index (κ1) is 15.6. The number of aliphatic hydroxyl groups is 1. The Morgan fingerprint density at radius 3 is 2.50 bits per heavy atom. The van der Waals surface area contributed by atoms with Crippen molar-refractivity contribution in [1.82, 2.24) is 10.2 Å². The zero-order valence-corrected chi connectivity index (χ0v) is 12.7. The molecule has 0 saturated carbocycles. The molecule has 0 aromatic heterocycles. The molecule has 106 valence electrons. The lowest BCUT2D eigenvalue weighted by Gasteiger charge is -2.39. The van der Waals surface area contributed by atoms with Gasteiger partial charge in [0.1, 0.15) is 0 Å². The predicted molar refractivity (Wildman–Crippen MR) is 77.0 cm³/mol. The Balaban J connectivity index is 2.49. The first-order valence-corrected chi connectivity index (χ1v) is 8.04. The molecule has 4 nitrogen and oxygen atoms in total. The second kappa shape index (κ2) is 6.66. The van der Waals surface area contributed by atoms with Crippen LogP contribution in [0.5, 0.6) is 0 Å². The molecule has 1 saturated heterocycles. The average molecular weight is 274 g/mol. The van der Waals surface area contributed by atoms with E-state index in [1.807, 2.05) is 11.2 Å². The van der Waals surface area contributed by atoms with Crippen LogP contribution in [0.4, 0.5) is 4.79 Å². The molecule has 1 fully saturated rings. The minimum atomic E-state index is -0.836. The molecule has 0 aromatic carbocycles. The number of nitrogens with one attached hydrogen (secondary N) is 1. The van der Waals surface area contributed by atoms with Gasteiger partial charge in [-0.1, -0.05) is 0 Å². The topological polar surface area (TPSA) is 52.6 Å². The zero-order valence-electron chi connectivity index (χ0n) is 11.9. The molecule has 3 atom stereocenters. The van der Waals surface area contributed by atoms with Gasteiger partial charge in [0.05, 0.1) is 5.60 Å². The van der Waals surface area contributed by atoms with Gasteiger partial charge in [-0.15, -0.1) is 0 Å². The summed E-state index contributed by atoms with van der Waals surface area (Å²) < 4.78 is 0. The smallest absolute Gasteiger partial charge is 0.317 e. The maximum Gasteiger partial charge on any atom is 0.317 e. The van der Waals surface area contributed by atoms with Gasteiger partial charge in [0.15, 0.2) is 0 Å². The maximum atomic E-state index is 12.2. The lowest BCUT2D eigenvalue weighted by atomic mass is 9.98. The molecule has 18 heavy (non-hydrogen) atoms. The Hall–Kier alpha value is -0.420. The van der Waals surface area contributed by atoms with E-state index < -0.39 is 5.60 Å². The summed E-state index contributed by atoms with van der Waals surface area (Å²) >= 11 is 1.58. The number of thioether (sulfide) groups is 1. The molecule has 0 bridgehead atoms. The van der Waals surface area contributed by atoms with E-state index in [1.54, 1.807) is 18.7 Å². The summed E-state index contributed by atoms with van der Waals surface area (Å²) in [5.41, 5.74) is -0.836. The van der Waals surface area contributed by atoms with E-state index in [0.29, 0.717) is 24.4 Å². The first-order chi connectivity index (χ1) is 8.37. The van der Waals surface area contributed by atoms with Gasteiger partial charge in [-0.2, -0.15) is 11.8 Å². The molecule has 0 aliphatic carbocycles. The molecule has 1 heterocycles. The van der Waals surface area contributed by atoms with Crippen molar-refractivity contribution in [2.24, 2.45) is 0 Å². The Kier molecular flexibility index (Phi) is 5.79. The number of carbonyl (C=O) groups excluding carboxylic acids is 1. The number of hydrogen-bond donors (Lipinski definition) is 2. The van der Waals surface area contributed by atoms with Gasteiger partial charge in [0.25, 0.3) is 0 Å². The maximum absolute atomic E-state index is 12.2. The molecule has 0 spiro atoms. The summed E-state index contributed by atoms with van der Waals surface area (Å²) in [7, 11) is 0. The van der Waals surface area contributed by atoms with Gasteiger partial charge in [0.2, 0.25) is 0 Å². The van der Waals surface area contributed by atoms with E-state index >= 15 is 0 Å². The van der Waals surface area contributed by atoms with E-state index in [2.05, 4.69) is 19.2 Å². The van der Waals surface area contributed by atoms with Crippen LogP contribution in [0.2, 0.25) is 0 Å². The van der Waals surface area contributed by atoms with Crippen LogP contribution in [0.25, 0.3) is 0 Å². The van der Waals surface area contributed by atoms with E-state index in [1.165, 1.54) is 6.42 Å². The molecule has 0 radical (unpaired) electrons. The van der Waals surface area contributed by atoms with E-state index in [4.69, 9.17) is 0 Å². The summed E-state index contributed by atoms with van der Waals surface area (Å²) in [5, 5.41) is 12.9. The number of carbonyl (C=O) groups is 1. The van der Waals surface area contributed by atoms with Crippen molar-refractivity contribution in [3.63, 3.8) is 0 Å². The van der Waals surface area contributed by atoms with E-state index in [0.717, 1.165) is 12.8 Å². The highest BCUT2D eigenvalue weighted by molar-refractivity contribution is 7.98. The summed E-state index contributed by atoms with van der Waals surface area (Å²) in [6.07, 6.45) is 5.28. The van der Waals surface area contributed by atoms with Crippen molar-refractivity contribution in [2.75, 3.05) is 18.6 Å². The van der Waals surface area contributed by atoms with Crippen LogP contribution < -0.4 is 5.32 Å². The summed E-state index contributed by atoms with van der Waals surface area (Å²) in [6, 6.07) is 0.537. The van der Waals surface area contributed by atoms with Crippen molar-refractivity contribution in [3.05, 3.63) is 0 Å². The van der Waals surface area contributed by atoms with Gasteiger partial charge >= 0.3 is 6.03 Å². The third-order valence-corrected chi connectivity index (χ3v) is 4.41. The average Bonchev–Trinajstić information content (AvgIpc) is 2.26. The fourth-order valence-electron chi connectivity index (χ4n) is 2.54. The van der Waals surface area contributed by atoms with Crippen LogP contribution in [0.1, 0.15) is 40.0 Å². The second-order valence-corrected chi connectivity index (χ2v) is 6.49. The lowest BCUT2D eigenvalue weighted by Crippen LogP contribution is -2.54. The number of likely N-dealkylation sites (tertiary alicyclic amines) is 1. The standard InChI is InChI=1S/C13H26N2O2S/c1-10-6-5-7-11(2)15(10)12(16)14-8-13(3,17)9-18-4/h10-11,17H,5-9H2,1-4H3,(H,14,16). The van der Waals surface area contributed by atoms with Crippen molar-refractivity contribution in [3.8, 4) is 0 Å². The SMILES string of the molecule is CSCC(C)(O)CNC(=O)N1C(C)CCCC1C. The van der Waals surface area contributed by atoms with Gasteiger partial charge < -0.3 is 15.3 Å². The largest absolute Gasteiger partial charge is 0.387 e. The van der Waals surface area contributed by atoms with Crippen LogP contribution in [0, 0.1) is 0 Å². The fourth-order valence-corrected chi connectivity index (χ4v) is 3.26. The minimum absolute atomic E-state index is 0.0453. The monoisotopic (exact) mass is 274 g/mol.